The fourth-order valence-corrected chi connectivity index (χ4v) is 4.79. The minimum absolute atomic E-state index is 0.0215. The third-order valence-electron chi connectivity index (χ3n) is 6.70. The molecule has 0 spiro atoms. The van der Waals surface area contributed by atoms with Crippen LogP contribution in [-0.4, -0.2) is 67.8 Å². The van der Waals surface area contributed by atoms with E-state index in [4.69, 9.17) is 18.9 Å². The van der Waals surface area contributed by atoms with Crippen molar-refractivity contribution in [2.45, 2.75) is 110 Å². The van der Waals surface area contributed by atoms with E-state index < -0.39 is 59.6 Å². The number of carbonyl (C=O) groups is 4. The van der Waals surface area contributed by atoms with Gasteiger partial charge in [0.15, 0.2) is 29.6 Å². The van der Waals surface area contributed by atoms with Gasteiger partial charge in [-0.2, -0.15) is 4.98 Å². The SMILES string of the molecule is C=CCn1c(=O)n([C@@H]2O[C@H](COC(=O)CCC)[C@@H](OC(=O)CCC)[C@H]2OC(=O)CCC)c2nc(NC(=O)CCC)[nH]c(=O)c21. The first kappa shape index (κ1) is 34.2. The highest BCUT2D eigenvalue weighted by Crippen LogP contribution is 2.35. The molecular formula is C29H41N5O10. The molecule has 242 valence electrons. The van der Waals surface area contributed by atoms with Crippen LogP contribution in [0.3, 0.4) is 0 Å². The number of rotatable bonds is 16. The molecule has 4 atom stereocenters. The first-order valence-electron chi connectivity index (χ1n) is 15.0. The number of nitrogens with zero attached hydrogens (tertiary/aromatic N) is 3. The molecule has 2 aromatic rings. The minimum atomic E-state index is -1.46. The molecule has 0 aliphatic carbocycles. The summed E-state index contributed by atoms with van der Waals surface area (Å²) in [6.07, 6.45) is -1.48. The Morgan fingerprint density at radius 2 is 1.52 bits per heavy atom. The highest BCUT2D eigenvalue weighted by atomic mass is 16.7. The number of hydrogen-bond donors (Lipinski definition) is 2. The molecule has 44 heavy (non-hydrogen) atoms. The smallest absolute Gasteiger partial charge is 0.333 e. The zero-order valence-electron chi connectivity index (χ0n) is 25.6. The molecule has 0 saturated carbocycles. The van der Waals surface area contributed by atoms with Gasteiger partial charge in [0.1, 0.15) is 12.7 Å². The third kappa shape index (κ3) is 8.01. The van der Waals surface area contributed by atoms with E-state index in [2.05, 4.69) is 21.9 Å². The van der Waals surface area contributed by atoms with Gasteiger partial charge < -0.3 is 18.9 Å². The van der Waals surface area contributed by atoms with Crippen LogP contribution in [0.5, 0.6) is 0 Å². The molecule has 15 nitrogen and oxygen atoms in total. The van der Waals surface area contributed by atoms with Crippen molar-refractivity contribution in [3.63, 3.8) is 0 Å². The van der Waals surface area contributed by atoms with E-state index in [1.54, 1.807) is 20.8 Å². The number of anilines is 1. The summed E-state index contributed by atoms with van der Waals surface area (Å²) >= 11 is 0. The highest BCUT2D eigenvalue weighted by molar-refractivity contribution is 5.89. The molecule has 2 N–H and O–H groups in total. The number of fused-ring (bicyclic) bond motifs is 1. The number of H-pyrrole nitrogens is 1. The van der Waals surface area contributed by atoms with Crippen LogP contribution in [0.25, 0.3) is 11.2 Å². The van der Waals surface area contributed by atoms with Crippen LogP contribution >= 0.6 is 0 Å². The molecule has 3 heterocycles. The third-order valence-corrected chi connectivity index (χ3v) is 6.70. The van der Waals surface area contributed by atoms with Gasteiger partial charge in [-0.05, 0) is 25.7 Å². The Hall–Kier alpha value is -4.27. The second-order valence-corrected chi connectivity index (χ2v) is 10.3. The summed E-state index contributed by atoms with van der Waals surface area (Å²) in [7, 11) is 0. The molecule has 15 heteroatoms. The van der Waals surface area contributed by atoms with E-state index >= 15 is 0 Å². The number of carbonyl (C=O) groups excluding carboxylic acids is 4. The average Bonchev–Trinajstić information content (AvgIpc) is 3.41. The predicted molar refractivity (Wildman–Crippen MR) is 158 cm³/mol. The molecule has 0 radical (unpaired) electrons. The average molecular weight is 620 g/mol. The Balaban J connectivity index is 2.22. The van der Waals surface area contributed by atoms with Crippen LogP contribution in [0.4, 0.5) is 5.95 Å². The second-order valence-electron chi connectivity index (χ2n) is 10.3. The summed E-state index contributed by atoms with van der Waals surface area (Å²) < 4.78 is 25.2. The molecular weight excluding hydrogens is 578 g/mol. The van der Waals surface area contributed by atoms with Crippen molar-refractivity contribution in [3.05, 3.63) is 33.5 Å². The molecule has 0 unspecified atom stereocenters. The van der Waals surface area contributed by atoms with Crippen molar-refractivity contribution in [1.82, 2.24) is 19.1 Å². The number of hydrogen-bond acceptors (Lipinski definition) is 11. The minimum Gasteiger partial charge on any atom is -0.463 e. The normalized spacial score (nSPS) is 19.5. The van der Waals surface area contributed by atoms with E-state index in [1.165, 1.54) is 6.08 Å². The van der Waals surface area contributed by atoms with Crippen molar-refractivity contribution in [2.75, 3.05) is 11.9 Å². The fraction of sp³-hybridized carbons (Fsp3) is 0.621. The fourth-order valence-electron chi connectivity index (χ4n) is 4.79. The van der Waals surface area contributed by atoms with E-state index in [1.807, 2.05) is 6.92 Å². The first-order chi connectivity index (χ1) is 21.1. The molecule has 1 aliphatic rings. The summed E-state index contributed by atoms with van der Waals surface area (Å²) in [4.78, 5) is 84.0. The predicted octanol–water partition coefficient (Wildman–Crippen LogP) is 2.48. The lowest BCUT2D eigenvalue weighted by Crippen LogP contribution is -2.42. The van der Waals surface area contributed by atoms with Gasteiger partial charge in [0.25, 0.3) is 5.56 Å². The monoisotopic (exact) mass is 619 g/mol. The first-order valence-corrected chi connectivity index (χ1v) is 15.0. The van der Waals surface area contributed by atoms with Crippen LogP contribution in [0.2, 0.25) is 0 Å². The second kappa shape index (κ2) is 16.0. The standard InChI is InChI=1S/C29H41N5O10/c1-6-11-18(35)30-28-31-25-22(26(39)32-28)33(15-10-5)29(40)34(25)27-24(44-21(38)14-9-4)23(43-20(37)13-8-3)17(42-27)16-41-19(36)12-7-2/h10,17,23-24,27H,5-9,11-16H2,1-4H3,(H2,30,31,32,35,39)/t17-,23-,24-,27-/m1/s1. The Kier molecular flexibility index (Phi) is 12.4. The Labute approximate surface area is 253 Å². The molecule has 1 amide bonds. The molecule has 1 fully saturated rings. The zero-order chi connectivity index (χ0) is 32.4. The molecule has 0 bridgehead atoms. The summed E-state index contributed by atoms with van der Waals surface area (Å²) in [6.45, 7) is 10.4. The largest absolute Gasteiger partial charge is 0.463 e. The van der Waals surface area contributed by atoms with Crippen LogP contribution in [0.15, 0.2) is 22.2 Å². The van der Waals surface area contributed by atoms with Crippen molar-refractivity contribution in [1.29, 1.82) is 0 Å². The van der Waals surface area contributed by atoms with Gasteiger partial charge in [0, 0.05) is 32.2 Å². The van der Waals surface area contributed by atoms with E-state index in [9.17, 15) is 28.8 Å². The Bertz CT molecular complexity index is 1480. The van der Waals surface area contributed by atoms with Crippen LogP contribution in [-0.2, 0) is 44.7 Å². The van der Waals surface area contributed by atoms with E-state index in [-0.39, 0.29) is 55.9 Å². The number of imidazole rings is 1. The number of aromatic nitrogens is 4. The van der Waals surface area contributed by atoms with Crippen molar-refractivity contribution in [2.24, 2.45) is 0 Å². The summed E-state index contributed by atoms with van der Waals surface area (Å²) in [5.41, 5.74) is -1.83. The molecule has 0 aromatic carbocycles. The van der Waals surface area contributed by atoms with E-state index in [0.717, 1.165) is 9.13 Å². The summed E-state index contributed by atoms with van der Waals surface area (Å²) in [5, 5.41) is 2.51. The van der Waals surface area contributed by atoms with Gasteiger partial charge >= 0.3 is 23.6 Å². The number of amides is 1. The van der Waals surface area contributed by atoms with Gasteiger partial charge in [-0.15, -0.1) is 6.58 Å². The zero-order valence-corrected chi connectivity index (χ0v) is 25.6. The van der Waals surface area contributed by atoms with Crippen molar-refractivity contribution in [3.8, 4) is 0 Å². The van der Waals surface area contributed by atoms with E-state index in [0.29, 0.717) is 25.7 Å². The lowest BCUT2D eigenvalue weighted by atomic mass is 10.1. The maximum absolute atomic E-state index is 13.9. The van der Waals surface area contributed by atoms with Gasteiger partial charge in [-0.3, -0.25) is 38.8 Å². The number of nitrogens with one attached hydrogen (secondary N) is 2. The maximum Gasteiger partial charge on any atom is 0.333 e. The topological polar surface area (TPSA) is 190 Å². The quantitative estimate of drug-likeness (QED) is 0.159. The van der Waals surface area contributed by atoms with Crippen LogP contribution in [0, 0.1) is 0 Å². The number of aromatic amines is 1. The molecule has 3 rings (SSSR count). The van der Waals surface area contributed by atoms with Gasteiger partial charge in [-0.25, -0.2) is 9.36 Å². The number of ether oxygens (including phenoxy) is 4. The van der Waals surface area contributed by atoms with Gasteiger partial charge in [0.2, 0.25) is 11.9 Å². The van der Waals surface area contributed by atoms with Crippen molar-refractivity contribution >= 4 is 40.9 Å². The Morgan fingerprint density at radius 1 is 0.932 bits per heavy atom. The number of allylic oxidation sites excluding steroid dienone is 1. The lowest BCUT2D eigenvalue weighted by Gasteiger charge is -2.24. The Morgan fingerprint density at radius 3 is 2.11 bits per heavy atom. The van der Waals surface area contributed by atoms with Gasteiger partial charge in [-0.1, -0.05) is 33.8 Å². The number of esters is 3. The molecule has 2 aromatic heterocycles. The summed E-state index contributed by atoms with van der Waals surface area (Å²) in [6, 6.07) is 0. The van der Waals surface area contributed by atoms with Crippen molar-refractivity contribution < 1.29 is 38.1 Å². The molecule has 1 aliphatic heterocycles. The van der Waals surface area contributed by atoms with Gasteiger partial charge in [0.05, 0.1) is 0 Å². The van der Waals surface area contributed by atoms with Crippen LogP contribution in [0.1, 0.15) is 85.3 Å². The highest BCUT2D eigenvalue weighted by Gasteiger charge is 2.52. The molecule has 1 saturated heterocycles. The maximum atomic E-state index is 13.9. The van der Waals surface area contributed by atoms with Crippen LogP contribution < -0.4 is 16.6 Å². The summed E-state index contributed by atoms with van der Waals surface area (Å²) in [5.74, 6) is -2.39. The lowest BCUT2D eigenvalue weighted by molar-refractivity contribution is -0.169.